The van der Waals surface area contributed by atoms with Crippen LogP contribution >= 0.6 is 0 Å². The first-order valence-corrected chi connectivity index (χ1v) is 10.4. The number of amidine groups is 1. The van der Waals surface area contributed by atoms with Crippen molar-refractivity contribution < 1.29 is 27.9 Å². The number of aliphatic hydroxyl groups excluding tert-OH is 1. The summed E-state index contributed by atoms with van der Waals surface area (Å²) in [5.74, 6) is -3.22. The van der Waals surface area contributed by atoms with E-state index in [1.165, 1.54) is 0 Å². The quantitative estimate of drug-likeness (QED) is 0.550. The molecule has 1 aliphatic rings. The van der Waals surface area contributed by atoms with Crippen molar-refractivity contribution in [2.45, 2.75) is 19.1 Å². The average Bonchev–Trinajstić information content (AvgIpc) is 3.26. The number of nitrogens with zero attached hydrogens (tertiary/aromatic N) is 4. The lowest BCUT2D eigenvalue weighted by Crippen LogP contribution is -2.43. The average molecular weight is 472 g/mol. The minimum Gasteiger partial charge on any atom is -0.495 e. The molecule has 0 amide bonds. The van der Waals surface area contributed by atoms with Crippen LogP contribution in [-0.2, 0) is 4.84 Å². The molecular weight excluding hydrogens is 449 g/mol. The highest BCUT2D eigenvalue weighted by molar-refractivity contribution is 5.96. The normalized spacial score (nSPS) is 18.2. The third-order valence-electron chi connectivity index (χ3n) is 5.56. The molecule has 0 bridgehead atoms. The number of likely N-dealkylation sites (N-methyl/N-ethyl adjacent to an activating group) is 1. The van der Waals surface area contributed by atoms with Crippen LogP contribution in [0.5, 0.6) is 5.75 Å². The lowest BCUT2D eigenvalue weighted by atomic mass is 9.99. The highest BCUT2D eigenvalue weighted by atomic mass is 19.2. The Morgan fingerprint density at radius 2 is 1.88 bits per heavy atom. The maximum atomic E-state index is 13.8. The molecule has 0 aliphatic carbocycles. The Labute approximate surface area is 194 Å². The van der Waals surface area contributed by atoms with Gasteiger partial charge in [0.05, 0.1) is 37.5 Å². The van der Waals surface area contributed by atoms with Gasteiger partial charge in [0.2, 0.25) is 0 Å². The van der Waals surface area contributed by atoms with Crippen molar-refractivity contribution in [3.63, 3.8) is 0 Å². The number of imidazole rings is 1. The van der Waals surface area contributed by atoms with Crippen molar-refractivity contribution in [3.05, 3.63) is 83.2 Å². The molecular formula is C24H23F3N4O3. The molecule has 1 N–H and O–H groups in total. The number of halogens is 3. The Balaban J connectivity index is 1.61. The van der Waals surface area contributed by atoms with E-state index in [1.807, 2.05) is 35.9 Å². The molecule has 178 valence electrons. The van der Waals surface area contributed by atoms with Gasteiger partial charge >= 0.3 is 0 Å². The second kappa shape index (κ2) is 9.60. The van der Waals surface area contributed by atoms with Gasteiger partial charge in [0, 0.05) is 13.2 Å². The first-order valence-electron chi connectivity index (χ1n) is 10.4. The molecule has 2 atom stereocenters. The standard InChI is InChI=1S/C24H23F3N4O3/c1-14-11-31(13-28-14)19-6-4-15(8-20(19)33-3)5-7-22-29-34-21(12-32)24(30(22)2)16-9-17(25)23(27)18(26)10-16/h4-11,13,21,24,32H,12H2,1-3H3/b7-5+/t21?,24-/m0/s1. The van der Waals surface area contributed by atoms with Crippen LogP contribution in [0.25, 0.3) is 11.8 Å². The molecule has 4 rings (SSSR count). The van der Waals surface area contributed by atoms with Crippen LogP contribution in [-0.4, -0.2) is 52.3 Å². The highest BCUT2D eigenvalue weighted by Crippen LogP contribution is 2.32. The number of benzene rings is 2. The van der Waals surface area contributed by atoms with E-state index in [9.17, 15) is 18.3 Å². The summed E-state index contributed by atoms with van der Waals surface area (Å²) in [6, 6.07) is 6.58. The van der Waals surface area contributed by atoms with Crippen molar-refractivity contribution in [3.8, 4) is 11.4 Å². The zero-order valence-electron chi connectivity index (χ0n) is 18.7. The summed E-state index contributed by atoms with van der Waals surface area (Å²) in [6.07, 6.45) is 6.11. The van der Waals surface area contributed by atoms with E-state index in [-0.39, 0.29) is 5.56 Å². The van der Waals surface area contributed by atoms with Gasteiger partial charge in [-0.1, -0.05) is 17.3 Å². The van der Waals surface area contributed by atoms with Gasteiger partial charge in [-0.3, -0.25) is 0 Å². The van der Waals surface area contributed by atoms with Gasteiger partial charge in [-0.05, 0) is 48.4 Å². The predicted molar refractivity (Wildman–Crippen MR) is 120 cm³/mol. The van der Waals surface area contributed by atoms with Crippen LogP contribution in [0.3, 0.4) is 0 Å². The smallest absolute Gasteiger partial charge is 0.194 e. The molecule has 1 aliphatic heterocycles. The summed E-state index contributed by atoms with van der Waals surface area (Å²) in [5, 5.41) is 13.7. The van der Waals surface area contributed by atoms with Crippen molar-refractivity contribution in [1.82, 2.24) is 14.5 Å². The topological polar surface area (TPSA) is 72.1 Å². The Kier molecular flexibility index (Phi) is 6.60. The number of hydrogen-bond donors (Lipinski definition) is 1. The molecule has 10 heteroatoms. The summed E-state index contributed by atoms with van der Waals surface area (Å²) < 4.78 is 48.5. The van der Waals surface area contributed by atoms with Crippen molar-refractivity contribution in [2.24, 2.45) is 5.16 Å². The largest absolute Gasteiger partial charge is 0.495 e. The van der Waals surface area contributed by atoms with Crippen LogP contribution in [0, 0.1) is 24.4 Å². The van der Waals surface area contributed by atoms with Gasteiger partial charge in [0.1, 0.15) is 5.75 Å². The van der Waals surface area contributed by atoms with E-state index >= 15 is 0 Å². The van der Waals surface area contributed by atoms with E-state index in [0.717, 1.165) is 29.1 Å². The molecule has 34 heavy (non-hydrogen) atoms. The molecule has 7 nitrogen and oxygen atoms in total. The third kappa shape index (κ3) is 4.49. The van der Waals surface area contributed by atoms with Crippen LogP contribution in [0.4, 0.5) is 13.2 Å². The van der Waals surface area contributed by atoms with Gasteiger partial charge in [-0.25, -0.2) is 18.2 Å². The SMILES string of the molecule is COc1cc(/C=C/C2=NOC(CO)[C@H](c3cc(F)c(F)c(F)c3)N2C)ccc1-n1cnc(C)c1. The number of aromatic nitrogens is 2. The van der Waals surface area contributed by atoms with E-state index in [0.29, 0.717) is 11.6 Å². The first kappa shape index (κ1) is 23.4. The van der Waals surface area contributed by atoms with Crippen LogP contribution in [0.15, 0.2) is 54.1 Å². The van der Waals surface area contributed by atoms with Crippen LogP contribution in [0.1, 0.15) is 22.9 Å². The van der Waals surface area contributed by atoms with E-state index < -0.39 is 36.2 Å². The fourth-order valence-electron chi connectivity index (χ4n) is 3.84. The second-order valence-electron chi connectivity index (χ2n) is 7.82. The summed E-state index contributed by atoms with van der Waals surface area (Å²) in [6.45, 7) is 1.44. The van der Waals surface area contributed by atoms with Crippen molar-refractivity contribution >= 4 is 11.9 Å². The number of aryl methyl sites for hydroxylation is 1. The van der Waals surface area contributed by atoms with E-state index in [4.69, 9.17) is 9.57 Å². The zero-order chi connectivity index (χ0) is 24.4. The van der Waals surface area contributed by atoms with Gasteiger partial charge in [0.25, 0.3) is 0 Å². The molecule has 0 spiro atoms. The second-order valence-corrected chi connectivity index (χ2v) is 7.82. The number of hydrogen-bond acceptors (Lipinski definition) is 6. The fourth-order valence-corrected chi connectivity index (χ4v) is 3.84. The molecule has 2 aromatic carbocycles. The first-order chi connectivity index (χ1) is 16.3. The maximum Gasteiger partial charge on any atom is 0.194 e. The minimum atomic E-state index is -1.55. The fraction of sp³-hybridized carbons (Fsp3) is 0.250. The predicted octanol–water partition coefficient (Wildman–Crippen LogP) is 4.00. The summed E-state index contributed by atoms with van der Waals surface area (Å²) in [4.78, 5) is 11.2. The van der Waals surface area contributed by atoms with Gasteiger partial charge in [-0.2, -0.15) is 0 Å². The number of aliphatic hydroxyl groups is 1. The van der Waals surface area contributed by atoms with Gasteiger partial charge < -0.3 is 24.1 Å². The molecule has 0 saturated carbocycles. The van der Waals surface area contributed by atoms with Gasteiger partial charge in [0.15, 0.2) is 29.4 Å². The molecule has 2 heterocycles. The van der Waals surface area contributed by atoms with Gasteiger partial charge in [-0.15, -0.1) is 0 Å². The van der Waals surface area contributed by atoms with Crippen molar-refractivity contribution in [1.29, 1.82) is 0 Å². The number of methoxy groups -OCH3 is 1. The summed E-state index contributed by atoms with van der Waals surface area (Å²) in [7, 11) is 3.22. The Morgan fingerprint density at radius 3 is 2.50 bits per heavy atom. The molecule has 3 aromatic rings. The van der Waals surface area contributed by atoms with Crippen LogP contribution in [0.2, 0.25) is 0 Å². The molecule has 0 saturated heterocycles. The van der Waals surface area contributed by atoms with E-state index in [2.05, 4.69) is 10.1 Å². The number of ether oxygens (including phenoxy) is 1. The Hall–Kier alpha value is -3.79. The molecule has 1 aromatic heterocycles. The lowest BCUT2D eigenvalue weighted by molar-refractivity contribution is -0.0426. The Bertz CT molecular complexity index is 1240. The Morgan fingerprint density at radius 1 is 1.15 bits per heavy atom. The zero-order valence-corrected chi connectivity index (χ0v) is 18.7. The van der Waals surface area contributed by atoms with E-state index in [1.54, 1.807) is 37.5 Å². The summed E-state index contributed by atoms with van der Waals surface area (Å²) >= 11 is 0. The number of oxime groups is 1. The molecule has 0 fully saturated rings. The van der Waals surface area contributed by atoms with Crippen molar-refractivity contribution in [2.75, 3.05) is 20.8 Å². The summed E-state index contributed by atoms with van der Waals surface area (Å²) in [5.41, 5.74) is 2.61. The molecule has 1 unspecified atom stereocenters. The maximum absolute atomic E-state index is 13.8. The third-order valence-corrected chi connectivity index (χ3v) is 5.56. The van der Waals surface area contributed by atoms with Crippen LogP contribution < -0.4 is 4.74 Å². The minimum absolute atomic E-state index is 0.111. The number of rotatable bonds is 6. The monoisotopic (exact) mass is 472 g/mol. The molecule has 0 radical (unpaired) electrons. The lowest BCUT2D eigenvalue weighted by Gasteiger charge is -2.37. The highest BCUT2D eigenvalue weighted by Gasteiger charge is 2.35.